The topological polar surface area (TPSA) is 123 Å². The standard InChI is InChI=1S/C20H27N5O3/c1-13(2)10-16(12-21)24-20(26)15-7-8-18(19(11-15)25(27)28)23-14(3)17-6-4-5-9-22-17/h4-9,11,13-14,16,23H,10,12,21H2,1-3H3,(H,24,26). The van der Waals surface area contributed by atoms with Gasteiger partial charge >= 0.3 is 0 Å². The predicted octanol–water partition coefficient (Wildman–Crippen LogP) is 3.27. The minimum atomic E-state index is -0.501. The van der Waals surface area contributed by atoms with Gasteiger partial charge in [-0.1, -0.05) is 19.9 Å². The number of amides is 1. The molecular formula is C20H27N5O3. The lowest BCUT2D eigenvalue weighted by Gasteiger charge is -2.19. The van der Waals surface area contributed by atoms with Crippen LogP contribution in [0.15, 0.2) is 42.6 Å². The van der Waals surface area contributed by atoms with Crippen molar-refractivity contribution < 1.29 is 9.72 Å². The van der Waals surface area contributed by atoms with Crippen LogP contribution in [0.2, 0.25) is 0 Å². The van der Waals surface area contributed by atoms with Gasteiger partial charge in [0.1, 0.15) is 5.69 Å². The summed E-state index contributed by atoms with van der Waals surface area (Å²) >= 11 is 0. The SMILES string of the molecule is CC(C)CC(CN)NC(=O)c1ccc(NC(C)c2ccccn2)c([N+](=O)[O-])c1. The van der Waals surface area contributed by atoms with E-state index in [-0.39, 0.29) is 29.2 Å². The van der Waals surface area contributed by atoms with Gasteiger partial charge in [-0.25, -0.2) is 0 Å². The first-order valence-electron chi connectivity index (χ1n) is 9.28. The average molecular weight is 385 g/mol. The third-order valence-electron chi connectivity index (χ3n) is 4.34. The molecule has 1 aromatic carbocycles. The van der Waals surface area contributed by atoms with E-state index in [2.05, 4.69) is 15.6 Å². The van der Waals surface area contributed by atoms with Crippen LogP contribution in [0, 0.1) is 16.0 Å². The molecule has 0 bridgehead atoms. The highest BCUT2D eigenvalue weighted by Gasteiger charge is 2.21. The van der Waals surface area contributed by atoms with E-state index in [0.29, 0.717) is 18.2 Å². The van der Waals surface area contributed by atoms with Gasteiger partial charge < -0.3 is 16.4 Å². The second-order valence-electron chi connectivity index (χ2n) is 7.15. The molecule has 2 aromatic rings. The fourth-order valence-electron chi connectivity index (χ4n) is 2.94. The van der Waals surface area contributed by atoms with Crippen LogP contribution in [0.1, 0.15) is 49.3 Å². The number of carbonyl (C=O) groups excluding carboxylic acids is 1. The zero-order valence-corrected chi connectivity index (χ0v) is 16.4. The monoisotopic (exact) mass is 385 g/mol. The number of nitro groups is 1. The number of nitrogens with one attached hydrogen (secondary N) is 2. The molecule has 0 radical (unpaired) electrons. The van der Waals surface area contributed by atoms with Crippen molar-refractivity contribution in [1.82, 2.24) is 10.3 Å². The van der Waals surface area contributed by atoms with E-state index < -0.39 is 4.92 Å². The number of carbonyl (C=O) groups is 1. The summed E-state index contributed by atoms with van der Waals surface area (Å²) in [5.74, 6) is 0.00590. The fourth-order valence-corrected chi connectivity index (χ4v) is 2.94. The number of nitro benzene ring substituents is 1. The zero-order valence-electron chi connectivity index (χ0n) is 16.4. The van der Waals surface area contributed by atoms with Gasteiger partial charge in [-0.05, 0) is 43.5 Å². The Kier molecular flexibility index (Phi) is 7.45. The third-order valence-corrected chi connectivity index (χ3v) is 4.34. The number of anilines is 1. The van der Waals surface area contributed by atoms with Gasteiger partial charge in [0.25, 0.3) is 11.6 Å². The van der Waals surface area contributed by atoms with E-state index >= 15 is 0 Å². The van der Waals surface area contributed by atoms with Crippen LogP contribution in [0.5, 0.6) is 0 Å². The molecule has 28 heavy (non-hydrogen) atoms. The minimum Gasteiger partial charge on any atom is -0.371 e. The molecule has 0 aliphatic heterocycles. The molecule has 1 amide bonds. The summed E-state index contributed by atoms with van der Waals surface area (Å²) in [5, 5.41) is 17.5. The molecule has 8 nitrogen and oxygen atoms in total. The summed E-state index contributed by atoms with van der Waals surface area (Å²) in [6.07, 6.45) is 2.41. The number of aromatic nitrogens is 1. The molecule has 0 spiro atoms. The Hall–Kier alpha value is -3.00. The van der Waals surface area contributed by atoms with Gasteiger partial charge in [0.15, 0.2) is 0 Å². The highest BCUT2D eigenvalue weighted by molar-refractivity contribution is 5.96. The number of rotatable bonds is 9. The Morgan fingerprint density at radius 1 is 1.25 bits per heavy atom. The van der Waals surface area contributed by atoms with E-state index in [0.717, 1.165) is 12.1 Å². The summed E-state index contributed by atoms with van der Waals surface area (Å²) in [7, 11) is 0. The van der Waals surface area contributed by atoms with E-state index in [4.69, 9.17) is 5.73 Å². The molecule has 0 saturated heterocycles. The van der Waals surface area contributed by atoms with Gasteiger partial charge in [-0.2, -0.15) is 0 Å². The number of hydrogen-bond acceptors (Lipinski definition) is 6. The lowest BCUT2D eigenvalue weighted by molar-refractivity contribution is -0.384. The number of nitrogens with two attached hydrogens (primary N) is 1. The van der Waals surface area contributed by atoms with Crippen molar-refractivity contribution in [2.24, 2.45) is 11.7 Å². The predicted molar refractivity (Wildman–Crippen MR) is 109 cm³/mol. The summed E-state index contributed by atoms with van der Waals surface area (Å²) in [6, 6.07) is 9.50. The molecule has 0 aliphatic carbocycles. The van der Waals surface area contributed by atoms with Gasteiger partial charge in [0, 0.05) is 30.4 Å². The Labute approximate surface area is 164 Å². The molecule has 1 aromatic heterocycles. The summed E-state index contributed by atoms with van der Waals surface area (Å²) in [6.45, 7) is 6.27. The molecule has 2 rings (SSSR count). The maximum Gasteiger partial charge on any atom is 0.293 e. The first-order valence-corrected chi connectivity index (χ1v) is 9.28. The fraction of sp³-hybridized carbons (Fsp3) is 0.400. The molecule has 1 heterocycles. The van der Waals surface area contributed by atoms with E-state index in [1.54, 1.807) is 24.4 Å². The summed E-state index contributed by atoms with van der Waals surface area (Å²) in [5.41, 5.74) is 6.88. The molecule has 4 N–H and O–H groups in total. The maximum atomic E-state index is 12.5. The molecule has 8 heteroatoms. The highest BCUT2D eigenvalue weighted by atomic mass is 16.6. The van der Waals surface area contributed by atoms with Crippen molar-refractivity contribution in [3.8, 4) is 0 Å². The van der Waals surface area contributed by atoms with Crippen LogP contribution in [-0.2, 0) is 0 Å². The van der Waals surface area contributed by atoms with Crippen LogP contribution >= 0.6 is 0 Å². The summed E-state index contributed by atoms with van der Waals surface area (Å²) in [4.78, 5) is 27.8. The Balaban J connectivity index is 2.20. The lowest BCUT2D eigenvalue weighted by atomic mass is 10.0. The number of benzene rings is 1. The van der Waals surface area contributed by atoms with Crippen LogP contribution in [0.4, 0.5) is 11.4 Å². The van der Waals surface area contributed by atoms with Crippen LogP contribution in [0.3, 0.4) is 0 Å². The van der Waals surface area contributed by atoms with Gasteiger partial charge in [-0.3, -0.25) is 19.9 Å². The van der Waals surface area contributed by atoms with Gasteiger partial charge in [0.05, 0.1) is 16.7 Å². The van der Waals surface area contributed by atoms with Crippen molar-refractivity contribution in [1.29, 1.82) is 0 Å². The van der Waals surface area contributed by atoms with Gasteiger partial charge in [-0.15, -0.1) is 0 Å². The molecule has 2 unspecified atom stereocenters. The average Bonchev–Trinajstić information content (AvgIpc) is 2.67. The van der Waals surface area contributed by atoms with E-state index in [1.807, 2.05) is 32.9 Å². The van der Waals surface area contributed by atoms with E-state index in [9.17, 15) is 14.9 Å². The van der Waals surface area contributed by atoms with Crippen molar-refractivity contribution in [2.75, 3.05) is 11.9 Å². The molecular weight excluding hydrogens is 358 g/mol. The number of nitrogens with zero attached hydrogens (tertiary/aromatic N) is 2. The van der Waals surface area contributed by atoms with Crippen molar-refractivity contribution in [2.45, 2.75) is 39.3 Å². The smallest absolute Gasteiger partial charge is 0.293 e. The zero-order chi connectivity index (χ0) is 20.7. The largest absolute Gasteiger partial charge is 0.371 e. The number of pyridine rings is 1. The van der Waals surface area contributed by atoms with Crippen LogP contribution < -0.4 is 16.4 Å². The van der Waals surface area contributed by atoms with Crippen LogP contribution in [0.25, 0.3) is 0 Å². The molecule has 150 valence electrons. The molecule has 0 fully saturated rings. The summed E-state index contributed by atoms with van der Waals surface area (Å²) < 4.78 is 0. The minimum absolute atomic E-state index is 0.163. The quantitative estimate of drug-likeness (QED) is 0.450. The highest BCUT2D eigenvalue weighted by Crippen LogP contribution is 2.29. The first-order chi connectivity index (χ1) is 13.3. The molecule has 0 saturated carbocycles. The maximum absolute atomic E-state index is 12.5. The molecule has 2 atom stereocenters. The molecule has 0 aliphatic rings. The normalized spacial score (nSPS) is 13.0. The Morgan fingerprint density at radius 3 is 2.57 bits per heavy atom. The second-order valence-corrected chi connectivity index (χ2v) is 7.15. The lowest BCUT2D eigenvalue weighted by Crippen LogP contribution is -2.41. The van der Waals surface area contributed by atoms with Crippen molar-refractivity contribution >= 4 is 17.3 Å². The van der Waals surface area contributed by atoms with Gasteiger partial charge in [0.2, 0.25) is 0 Å². The van der Waals surface area contributed by atoms with Crippen molar-refractivity contribution in [3.05, 3.63) is 64.0 Å². The Bertz CT molecular complexity index is 811. The van der Waals surface area contributed by atoms with E-state index in [1.165, 1.54) is 6.07 Å². The second kappa shape index (κ2) is 9.80. The third kappa shape index (κ3) is 5.75. The van der Waals surface area contributed by atoms with Crippen LogP contribution in [-0.4, -0.2) is 28.4 Å². The Morgan fingerprint density at radius 2 is 2.00 bits per heavy atom. The van der Waals surface area contributed by atoms with Crippen molar-refractivity contribution in [3.63, 3.8) is 0 Å². The first kappa shape index (κ1) is 21.3. The number of hydrogen-bond donors (Lipinski definition) is 3.